The van der Waals surface area contributed by atoms with Gasteiger partial charge in [-0.3, -0.25) is 4.79 Å². The Hall–Kier alpha value is -3.26. The number of aryl methyl sites for hydroxylation is 1. The molecule has 1 aromatic heterocycles. The monoisotopic (exact) mass is 434 g/mol. The highest BCUT2D eigenvalue weighted by molar-refractivity contribution is 5.94. The molecule has 3 aromatic rings. The second-order valence-corrected chi connectivity index (χ2v) is 8.74. The van der Waals surface area contributed by atoms with Crippen LogP contribution in [0.1, 0.15) is 25.2 Å². The molecule has 8 nitrogen and oxygen atoms in total. The Kier molecular flexibility index (Phi) is 4.50. The van der Waals surface area contributed by atoms with Crippen LogP contribution in [0, 0.1) is 6.92 Å². The molecule has 2 atom stereocenters. The zero-order valence-corrected chi connectivity index (χ0v) is 18.0. The predicted molar refractivity (Wildman–Crippen MR) is 119 cm³/mol. The zero-order chi connectivity index (χ0) is 21.7. The van der Waals surface area contributed by atoms with Gasteiger partial charge in [-0.25, -0.2) is 4.98 Å². The van der Waals surface area contributed by atoms with E-state index in [9.17, 15) is 4.79 Å². The lowest BCUT2D eigenvalue weighted by atomic mass is 9.86. The number of rotatable bonds is 3. The van der Waals surface area contributed by atoms with E-state index >= 15 is 0 Å². The maximum absolute atomic E-state index is 13.3. The van der Waals surface area contributed by atoms with Crippen molar-refractivity contribution in [2.24, 2.45) is 0 Å². The Morgan fingerprint density at radius 1 is 1.16 bits per heavy atom. The van der Waals surface area contributed by atoms with Crippen molar-refractivity contribution in [2.45, 2.75) is 44.0 Å². The first-order chi connectivity index (χ1) is 15.6. The Morgan fingerprint density at radius 2 is 1.97 bits per heavy atom. The highest BCUT2D eigenvalue weighted by Crippen LogP contribution is 2.42. The van der Waals surface area contributed by atoms with Crippen molar-refractivity contribution < 1.29 is 18.7 Å². The summed E-state index contributed by atoms with van der Waals surface area (Å²) in [5.74, 6) is 1.94. The van der Waals surface area contributed by atoms with E-state index in [2.05, 4.69) is 32.7 Å². The summed E-state index contributed by atoms with van der Waals surface area (Å²) in [5.41, 5.74) is 1.86. The molecule has 8 heteroatoms. The Balaban J connectivity index is 1.31. The van der Waals surface area contributed by atoms with E-state index in [-0.39, 0.29) is 18.2 Å². The van der Waals surface area contributed by atoms with Crippen molar-refractivity contribution in [2.75, 3.05) is 24.6 Å². The number of oxazole rings is 1. The Bertz CT molecular complexity index is 1160. The number of amides is 1. The van der Waals surface area contributed by atoms with Gasteiger partial charge in [0.25, 0.3) is 0 Å². The molecule has 2 N–H and O–H groups in total. The molecule has 6 rings (SSSR count). The average molecular weight is 434 g/mol. The van der Waals surface area contributed by atoms with Crippen molar-refractivity contribution in [1.29, 1.82) is 0 Å². The second kappa shape index (κ2) is 7.41. The molecule has 3 aliphatic rings. The number of nitrogens with one attached hydrogen (secondary N) is 2. The Labute approximate surface area is 185 Å². The molecule has 0 radical (unpaired) electrons. The highest BCUT2D eigenvalue weighted by atomic mass is 16.6. The van der Waals surface area contributed by atoms with E-state index in [0.717, 1.165) is 37.1 Å². The third-order valence-corrected chi connectivity index (χ3v) is 6.74. The van der Waals surface area contributed by atoms with Crippen molar-refractivity contribution >= 4 is 22.7 Å². The SMILES string of the molecule is Cc1nc2ccc3c(c2o1)OC(CC1NC(=O)C2(CCNCC2)N1c1ccccc1)CO3. The van der Waals surface area contributed by atoms with Crippen LogP contribution in [-0.4, -0.2) is 48.4 Å². The van der Waals surface area contributed by atoms with E-state index in [0.29, 0.717) is 36.0 Å². The number of anilines is 1. The van der Waals surface area contributed by atoms with Gasteiger partial charge in [0, 0.05) is 19.0 Å². The van der Waals surface area contributed by atoms with Gasteiger partial charge in [-0.15, -0.1) is 0 Å². The summed E-state index contributed by atoms with van der Waals surface area (Å²) >= 11 is 0. The number of carbonyl (C=O) groups is 1. The van der Waals surface area contributed by atoms with Crippen molar-refractivity contribution in [3.8, 4) is 11.5 Å². The highest BCUT2D eigenvalue weighted by Gasteiger charge is 2.54. The van der Waals surface area contributed by atoms with E-state index < -0.39 is 5.54 Å². The number of ether oxygens (including phenoxy) is 2. The molecule has 1 spiro atoms. The minimum atomic E-state index is -0.542. The van der Waals surface area contributed by atoms with Crippen LogP contribution < -0.4 is 25.0 Å². The van der Waals surface area contributed by atoms with Crippen LogP contribution in [-0.2, 0) is 4.79 Å². The molecule has 166 valence electrons. The second-order valence-electron chi connectivity index (χ2n) is 8.74. The van der Waals surface area contributed by atoms with Gasteiger partial charge in [0.2, 0.25) is 17.2 Å². The largest absolute Gasteiger partial charge is 0.486 e. The summed E-state index contributed by atoms with van der Waals surface area (Å²) in [4.78, 5) is 20.0. The summed E-state index contributed by atoms with van der Waals surface area (Å²) in [6, 6.07) is 13.9. The number of hydrogen-bond acceptors (Lipinski definition) is 7. The van der Waals surface area contributed by atoms with Crippen molar-refractivity contribution in [1.82, 2.24) is 15.6 Å². The first-order valence-electron chi connectivity index (χ1n) is 11.2. The smallest absolute Gasteiger partial charge is 0.247 e. The van der Waals surface area contributed by atoms with Gasteiger partial charge >= 0.3 is 0 Å². The minimum Gasteiger partial charge on any atom is -0.486 e. The fourth-order valence-corrected chi connectivity index (χ4v) is 5.28. The predicted octanol–water partition coefficient (Wildman–Crippen LogP) is 2.75. The molecule has 0 aliphatic carbocycles. The van der Waals surface area contributed by atoms with Gasteiger partial charge in [-0.05, 0) is 50.2 Å². The molecule has 4 heterocycles. The van der Waals surface area contributed by atoms with Crippen LogP contribution in [0.3, 0.4) is 0 Å². The number of hydrogen-bond donors (Lipinski definition) is 2. The number of carbonyl (C=O) groups excluding carboxylic acids is 1. The topological polar surface area (TPSA) is 88.9 Å². The third-order valence-electron chi connectivity index (χ3n) is 6.74. The van der Waals surface area contributed by atoms with Crippen LogP contribution >= 0.6 is 0 Å². The number of nitrogens with zero attached hydrogens (tertiary/aromatic N) is 2. The normalized spacial score (nSPS) is 24.2. The molecule has 2 aromatic carbocycles. The van der Waals surface area contributed by atoms with Gasteiger partial charge in [0.1, 0.15) is 29.9 Å². The van der Waals surface area contributed by atoms with Gasteiger partial charge < -0.3 is 29.4 Å². The van der Waals surface area contributed by atoms with Gasteiger partial charge in [-0.1, -0.05) is 18.2 Å². The number of aromatic nitrogens is 1. The maximum Gasteiger partial charge on any atom is 0.247 e. The third kappa shape index (κ3) is 3.01. The molecular weight excluding hydrogens is 408 g/mol. The standard InChI is InChI=1S/C24H26N4O4/c1-15-26-18-7-8-19-22(21(18)31-15)32-17(14-30-19)13-20-27-23(29)24(9-11-25-12-10-24)28(20)16-5-3-2-4-6-16/h2-8,17,20,25H,9-14H2,1H3,(H,27,29). The van der Waals surface area contributed by atoms with Crippen LogP contribution in [0.4, 0.5) is 5.69 Å². The lowest BCUT2D eigenvalue weighted by Gasteiger charge is -2.43. The fourth-order valence-electron chi connectivity index (χ4n) is 5.28. The summed E-state index contributed by atoms with van der Waals surface area (Å²) in [6.07, 6.45) is 1.72. The quantitative estimate of drug-likeness (QED) is 0.655. The van der Waals surface area contributed by atoms with Crippen LogP contribution in [0.15, 0.2) is 46.9 Å². The molecule has 2 saturated heterocycles. The number of para-hydroxylation sites is 1. The van der Waals surface area contributed by atoms with E-state index in [1.165, 1.54) is 0 Å². The summed E-state index contributed by atoms with van der Waals surface area (Å²) in [5, 5.41) is 6.65. The summed E-state index contributed by atoms with van der Waals surface area (Å²) in [7, 11) is 0. The molecule has 3 aliphatic heterocycles. The van der Waals surface area contributed by atoms with E-state index in [1.807, 2.05) is 37.3 Å². The van der Waals surface area contributed by atoms with Gasteiger partial charge in [0.05, 0.1) is 0 Å². The number of piperidine rings is 1. The zero-order valence-electron chi connectivity index (χ0n) is 18.0. The van der Waals surface area contributed by atoms with E-state index in [4.69, 9.17) is 13.9 Å². The Morgan fingerprint density at radius 3 is 2.78 bits per heavy atom. The van der Waals surface area contributed by atoms with E-state index in [1.54, 1.807) is 0 Å². The van der Waals surface area contributed by atoms with Crippen LogP contribution in [0.2, 0.25) is 0 Å². The lowest BCUT2D eigenvalue weighted by Crippen LogP contribution is -2.57. The fraction of sp³-hybridized carbons (Fsp3) is 0.417. The van der Waals surface area contributed by atoms with Crippen molar-refractivity contribution in [3.05, 3.63) is 48.4 Å². The first kappa shape index (κ1) is 19.4. The van der Waals surface area contributed by atoms with Gasteiger partial charge in [0.15, 0.2) is 11.6 Å². The number of benzene rings is 2. The molecule has 2 fully saturated rings. The summed E-state index contributed by atoms with van der Waals surface area (Å²) in [6.45, 7) is 3.87. The maximum atomic E-state index is 13.3. The molecule has 2 unspecified atom stereocenters. The van der Waals surface area contributed by atoms with Crippen molar-refractivity contribution in [3.63, 3.8) is 0 Å². The lowest BCUT2D eigenvalue weighted by molar-refractivity contribution is -0.124. The molecule has 0 saturated carbocycles. The van der Waals surface area contributed by atoms with Crippen LogP contribution in [0.25, 0.3) is 11.1 Å². The number of fused-ring (bicyclic) bond motifs is 3. The molecule has 1 amide bonds. The van der Waals surface area contributed by atoms with Gasteiger partial charge in [-0.2, -0.15) is 0 Å². The minimum absolute atomic E-state index is 0.0956. The molecular formula is C24H26N4O4. The first-order valence-corrected chi connectivity index (χ1v) is 11.2. The average Bonchev–Trinajstić information content (AvgIpc) is 3.32. The molecule has 32 heavy (non-hydrogen) atoms. The van der Waals surface area contributed by atoms with Crippen LogP contribution in [0.5, 0.6) is 11.5 Å². The molecule has 0 bridgehead atoms. The summed E-state index contributed by atoms with van der Waals surface area (Å²) < 4.78 is 18.2.